The molecule has 2 aromatic carbocycles. The maximum absolute atomic E-state index is 5.98. The Morgan fingerprint density at radius 2 is 0.656 bits per heavy atom. The van der Waals surface area contributed by atoms with Crippen LogP contribution < -0.4 is 150 Å². The van der Waals surface area contributed by atoms with Gasteiger partial charge < -0.3 is 79.3 Å². The van der Waals surface area contributed by atoms with E-state index in [1.54, 1.807) is 0 Å². The van der Waals surface area contributed by atoms with Gasteiger partial charge in [-0.1, -0.05) is 0 Å². The average Bonchev–Trinajstić information content (AvgIpc) is 4.07. The van der Waals surface area contributed by atoms with E-state index >= 15 is 0 Å². The molecule has 0 spiro atoms. The quantitative estimate of drug-likeness (QED) is 0.271. The van der Waals surface area contributed by atoms with Crippen molar-refractivity contribution in [2.24, 2.45) is 0 Å². The minimum Gasteiger partial charge on any atom is -1.00 e. The summed E-state index contributed by atoms with van der Waals surface area (Å²) in [5.41, 5.74) is 10.8. The first-order valence-electron chi connectivity index (χ1n) is 20.6. The Morgan fingerprint density at radius 1 is 0.375 bits per heavy atom. The van der Waals surface area contributed by atoms with Gasteiger partial charge in [-0.3, -0.25) is 20.9 Å². The summed E-state index contributed by atoms with van der Waals surface area (Å²) in [6.07, 6.45) is 12.3. The number of benzene rings is 2. The third-order valence-electron chi connectivity index (χ3n) is 9.33. The van der Waals surface area contributed by atoms with Gasteiger partial charge in [0.2, 0.25) is 0 Å². The molecular weight excluding hydrogens is 955 g/mol. The molecule has 0 atom stereocenters. The Balaban J connectivity index is 0.000000320. The summed E-state index contributed by atoms with van der Waals surface area (Å²) in [6, 6.07) is 11.9. The zero-order valence-electron chi connectivity index (χ0n) is 37.1. The van der Waals surface area contributed by atoms with Crippen molar-refractivity contribution in [3.05, 3.63) is 84.5 Å². The van der Waals surface area contributed by atoms with Gasteiger partial charge >= 0.3 is 103 Å². The van der Waals surface area contributed by atoms with E-state index in [9.17, 15) is 0 Å². The second-order valence-corrected chi connectivity index (χ2v) is 13.6. The van der Waals surface area contributed by atoms with Crippen LogP contribution in [0.25, 0.3) is 11.4 Å². The number of nitrogens with zero attached hydrogens (tertiary/aromatic N) is 4. The molecule has 19 nitrogen and oxygen atoms in total. The summed E-state index contributed by atoms with van der Waals surface area (Å²) in [5, 5.41) is 8.08. The van der Waals surface area contributed by atoms with Gasteiger partial charge in [-0.15, -0.1) is 10.2 Å². The number of rotatable bonds is 2. The monoisotopic (exact) mass is 1010 g/mol. The summed E-state index contributed by atoms with van der Waals surface area (Å²) in [6.45, 7) is 11.7. The summed E-state index contributed by atoms with van der Waals surface area (Å²) < 4.78 is 67.9. The van der Waals surface area contributed by atoms with E-state index in [4.69, 9.17) is 56.8 Å². The van der Waals surface area contributed by atoms with E-state index in [-0.39, 0.29) is 125 Å². The second kappa shape index (κ2) is 33.6. The van der Waals surface area contributed by atoms with E-state index in [2.05, 4.69) is 23.0 Å². The van der Waals surface area contributed by atoms with Crippen LogP contribution in [0.4, 0.5) is 0 Å². The fourth-order valence-electron chi connectivity index (χ4n) is 6.35. The Bertz CT molecular complexity index is 1630. The standard InChI is InChI=1S/2C21H29N3O6.BrH.2K.H2O/c2*1-4-23-17-19(22-24(23)5-1)18-2-3-20-21(16-18)30-15-13-28-11-9-26-7-6-25-8-10-27-12-14-29-20;;;;/h2*1-4,16-17,22H,5-15H2;1H;;;1H2/q;;;2*+1;/p-1. The molecule has 0 fully saturated rings. The van der Waals surface area contributed by atoms with Crippen LogP contribution in [-0.4, -0.2) is 171 Å². The van der Waals surface area contributed by atoms with E-state index < -0.39 is 0 Å². The molecule has 0 aromatic heterocycles. The van der Waals surface area contributed by atoms with Crippen LogP contribution in [0.2, 0.25) is 0 Å². The van der Waals surface area contributed by atoms with Gasteiger partial charge in [0.05, 0.1) is 130 Å². The fourth-order valence-corrected chi connectivity index (χ4v) is 6.35. The molecule has 0 saturated carbocycles. The molecule has 344 valence electrons. The largest absolute Gasteiger partial charge is 1.00 e. The van der Waals surface area contributed by atoms with E-state index in [1.165, 1.54) is 0 Å². The number of halogens is 1. The normalized spacial score (nSPS) is 20.6. The Morgan fingerprint density at radius 3 is 0.953 bits per heavy atom. The first-order valence-corrected chi connectivity index (χ1v) is 20.6. The minimum absolute atomic E-state index is 0. The van der Waals surface area contributed by atoms with Crippen LogP contribution in [-0.2, 0) is 37.9 Å². The van der Waals surface area contributed by atoms with Crippen LogP contribution in [0, 0.1) is 0 Å². The van der Waals surface area contributed by atoms with E-state index in [0.29, 0.717) is 155 Å². The average molecular weight is 1020 g/mol. The summed E-state index contributed by atoms with van der Waals surface area (Å²) >= 11 is 0. The number of nitrogens with one attached hydrogen (secondary N) is 2. The van der Waals surface area contributed by atoms with Gasteiger partial charge in [0, 0.05) is 35.9 Å². The molecule has 2 aromatic rings. The third kappa shape index (κ3) is 19.2. The molecule has 64 heavy (non-hydrogen) atoms. The van der Waals surface area contributed by atoms with Crippen molar-refractivity contribution in [2.75, 3.05) is 145 Å². The number of hydrogen-bond acceptors (Lipinski definition) is 18. The third-order valence-corrected chi connectivity index (χ3v) is 9.33. The molecule has 22 heteroatoms. The Kier molecular flexibility index (Phi) is 30.1. The molecule has 0 amide bonds. The predicted octanol–water partition coefficient (Wildman–Crippen LogP) is -7.04. The fraction of sp³-hybridized carbons (Fsp3) is 0.524. The number of ether oxygens (including phenoxy) is 12. The molecule has 6 heterocycles. The first kappa shape index (κ1) is 57.4. The molecule has 8 rings (SSSR count). The van der Waals surface area contributed by atoms with Crippen LogP contribution in [0.3, 0.4) is 0 Å². The van der Waals surface area contributed by atoms with Gasteiger partial charge in [-0.2, -0.15) is 0 Å². The van der Waals surface area contributed by atoms with Crippen molar-refractivity contribution in [2.45, 2.75) is 0 Å². The summed E-state index contributed by atoms with van der Waals surface area (Å²) in [5.74, 6) is 2.72. The van der Waals surface area contributed by atoms with Crippen molar-refractivity contribution in [1.82, 2.24) is 31.1 Å². The molecular formula is C42H60BrK2N6O13+. The van der Waals surface area contributed by atoms with Crippen molar-refractivity contribution < 1.29 is 182 Å². The molecule has 0 unspecified atom stereocenters. The zero-order chi connectivity index (χ0) is 40.9. The van der Waals surface area contributed by atoms with Crippen molar-refractivity contribution >= 4 is 11.4 Å². The van der Waals surface area contributed by atoms with Gasteiger partial charge in [0.25, 0.3) is 0 Å². The molecule has 6 aliphatic rings. The van der Waals surface area contributed by atoms with E-state index in [1.807, 2.05) is 81.5 Å². The molecule has 6 aliphatic heterocycles. The van der Waals surface area contributed by atoms with Crippen molar-refractivity contribution in [3.63, 3.8) is 0 Å². The van der Waals surface area contributed by atoms with Gasteiger partial charge in [0.15, 0.2) is 23.0 Å². The van der Waals surface area contributed by atoms with Crippen LogP contribution in [0.5, 0.6) is 23.0 Å². The number of fused-ring (bicyclic) bond motifs is 4. The molecule has 0 radical (unpaired) electrons. The Hall–Kier alpha value is -0.887. The first-order chi connectivity index (χ1) is 29.8. The molecule has 0 bridgehead atoms. The summed E-state index contributed by atoms with van der Waals surface area (Å²) in [7, 11) is 0. The van der Waals surface area contributed by atoms with Crippen molar-refractivity contribution in [3.8, 4) is 23.0 Å². The molecule has 0 aliphatic carbocycles. The topological polar surface area (TPSA) is 179 Å². The van der Waals surface area contributed by atoms with Crippen LogP contribution in [0.1, 0.15) is 11.1 Å². The van der Waals surface area contributed by atoms with Crippen molar-refractivity contribution in [1.29, 1.82) is 0 Å². The number of hydrogen-bond donors (Lipinski definition) is 2. The predicted molar refractivity (Wildman–Crippen MR) is 223 cm³/mol. The smallest absolute Gasteiger partial charge is 1.00 e. The zero-order valence-corrected chi connectivity index (χ0v) is 44.9. The minimum atomic E-state index is 0. The second-order valence-electron chi connectivity index (χ2n) is 13.6. The van der Waals surface area contributed by atoms with Gasteiger partial charge in [-0.25, -0.2) is 0 Å². The molecule has 4 N–H and O–H groups in total. The number of hydrazine groups is 4. The van der Waals surface area contributed by atoms with Gasteiger partial charge in [0.1, 0.15) is 26.4 Å². The van der Waals surface area contributed by atoms with E-state index in [0.717, 1.165) is 35.6 Å². The van der Waals surface area contributed by atoms with Crippen LogP contribution in [0.15, 0.2) is 73.4 Å². The molecule has 0 saturated heterocycles. The Labute approximate surface area is 471 Å². The maximum atomic E-state index is 5.98. The summed E-state index contributed by atoms with van der Waals surface area (Å²) in [4.78, 5) is 0. The SMILES string of the molecule is C1=CN2C=C(c3ccc4c(c3)OCCOCCOCCOCCOCCO4)NN2C1.C1=CN2C=C(c3ccc4c(c3)OCCOCCOCCOCCOCCO4)NN2C1.O.[Br-].[K+].[K+]. The van der Waals surface area contributed by atoms with Gasteiger partial charge in [-0.05, 0) is 48.6 Å². The van der Waals surface area contributed by atoms with Crippen LogP contribution >= 0.6 is 0 Å². The maximum Gasteiger partial charge on any atom is 1.00 e.